The number of hydrogen-bond donors (Lipinski definition) is 2. The van der Waals surface area contributed by atoms with Crippen LogP contribution in [-0.4, -0.2) is 67.9 Å². The number of benzene rings is 2. The fourth-order valence-corrected chi connectivity index (χ4v) is 4.96. The Morgan fingerprint density at radius 3 is 2.38 bits per heavy atom. The molecule has 0 bridgehead atoms. The fourth-order valence-electron chi connectivity index (χ4n) is 3.88. The van der Waals surface area contributed by atoms with E-state index in [9.17, 15) is 18.0 Å². The number of para-hydroxylation sites is 1. The number of carbonyl (C=O) groups is 2. The molecule has 34 heavy (non-hydrogen) atoms. The molecule has 0 radical (unpaired) electrons. The minimum atomic E-state index is -3.16. The van der Waals surface area contributed by atoms with Crippen LogP contribution in [-0.2, 0) is 16.6 Å². The van der Waals surface area contributed by atoms with E-state index < -0.39 is 10.0 Å². The number of piperazine rings is 1. The lowest BCUT2D eigenvalue weighted by Gasteiger charge is -2.33. The highest BCUT2D eigenvalue weighted by atomic mass is 32.2. The van der Waals surface area contributed by atoms with Crippen LogP contribution < -0.4 is 10.6 Å². The molecule has 2 amide bonds. The summed E-state index contributed by atoms with van der Waals surface area (Å²) in [6.45, 7) is 7.21. The normalized spacial score (nSPS) is 15.1. The van der Waals surface area contributed by atoms with Crippen LogP contribution in [0.2, 0.25) is 0 Å². The van der Waals surface area contributed by atoms with Crippen molar-refractivity contribution < 1.29 is 18.0 Å². The van der Waals surface area contributed by atoms with Gasteiger partial charge in [0.25, 0.3) is 11.8 Å². The monoisotopic (exact) mass is 486 g/mol. The number of nitrogens with zero attached hydrogens (tertiary/aromatic N) is 2. The van der Waals surface area contributed by atoms with Gasteiger partial charge in [-0.15, -0.1) is 0 Å². The Morgan fingerprint density at radius 2 is 1.68 bits per heavy atom. The molecule has 3 rings (SSSR count). The smallest absolute Gasteiger partial charge is 0.255 e. The summed E-state index contributed by atoms with van der Waals surface area (Å²) in [6.07, 6.45) is 1.89. The van der Waals surface area contributed by atoms with Crippen LogP contribution in [0.5, 0.6) is 0 Å². The minimum absolute atomic E-state index is 0.119. The molecule has 8 nitrogen and oxygen atoms in total. The Bertz CT molecular complexity index is 1100. The average Bonchev–Trinajstić information content (AvgIpc) is 2.85. The average molecular weight is 487 g/mol. The van der Waals surface area contributed by atoms with E-state index in [2.05, 4.69) is 22.5 Å². The number of anilines is 1. The standard InChI is InChI=1S/C25H34N4O4S/c1-3-5-13-26-25(31)22-11-6-7-12-23(22)27-24(30)21-10-8-9-20(18-21)19-28-14-16-29(17-15-28)34(32,33)4-2/h6-12,18H,3-5,13-17,19H2,1-2H3,(H,26,31)(H,27,30). The third-order valence-electron chi connectivity index (χ3n) is 5.92. The van der Waals surface area contributed by atoms with Crippen LogP contribution in [0.25, 0.3) is 0 Å². The zero-order valence-electron chi connectivity index (χ0n) is 19.9. The number of hydrogen-bond acceptors (Lipinski definition) is 5. The van der Waals surface area contributed by atoms with Gasteiger partial charge in [0.05, 0.1) is 17.0 Å². The van der Waals surface area contributed by atoms with Gasteiger partial charge < -0.3 is 10.6 Å². The molecule has 184 valence electrons. The number of amides is 2. The van der Waals surface area contributed by atoms with Crippen LogP contribution >= 0.6 is 0 Å². The summed E-state index contributed by atoms with van der Waals surface area (Å²) in [4.78, 5) is 27.7. The summed E-state index contributed by atoms with van der Waals surface area (Å²) in [6, 6.07) is 14.4. The number of rotatable bonds is 10. The molecule has 0 unspecified atom stereocenters. The van der Waals surface area contributed by atoms with Crippen LogP contribution in [0.4, 0.5) is 5.69 Å². The van der Waals surface area contributed by atoms with Crippen LogP contribution in [0.3, 0.4) is 0 Å². The molecule has 1 heterocycles. The van der Waals surface area contributed by atoms with E-state index in [0.717, 1.165) is 18.4 Å². The van der Waals surface area contributed by atoms with Crippen molar-refractivity contribution in [3.8, 4) is 0 Å². The molecule has 2 aromatic carbocycles. The molecular weight excluding hydrogens is 452 g/mol. The molecule has 9 heteroatoms. The molecule has 1 aliphatic heterocycles. The molecule has 1 aliphatic rings. The van der Waals surface area contributed by atoms with Crippen molar-refractivity contribution in [3.05, 3.63) is 65.2 Å². The second kappa shape index (κ2) is 12.1. The third-order valence-corrected chi connectivity index (χ3v) is 7.80. The van der Waals surface area contributed by atoms with Gasteiger partial charge in [0, 0.05) is 44.8 Å². The SMILES string of the molecule is CCCCNC(=O)c1ccccc1NC(=O)c1cccc(CN2CCN(S(=O)(=O)CC)CC2)c1. The van der Waals surface area contributed by atoms with Crippen molar-refractivity contribution in [3.63, 3.8) is 0 Å². The fraction of sp³-hybridized carbons (Fsp3) is 0.440. The van der Waals surface area contributed by atoms with E-state index in [0.29, 0.717) is 56.1 Å². The number of nitrogens with one attached hydrogen (secondary N) is 2. The quantitative estimate of drug-likeness (QED) is 0.503. The lowest BCUT2D eigenvalue weighted by molar-refractivity contribution is 0.0954. The van der Waals surface area contributed by atoms with E-state index in [-0.39, 0.29) is 17.6 Å². The van der Waals surface area contributed by atoms with E-state index in [1.165, 1.54) is 0 Å². The highest BCUT2D eigenvalue weighted by molar-refractivity contribution is 7.89. The van der Waals surface area contributed by atoms with Crippen molar-refractivity contribution >= 4 is 27.5 Å². The number of unbranched alkanes of at least 4 members (excludes halogenated alkanes) is 1. The lowest BCUT2D eigenvalue weighted by Crippen LogP contribution is -2.48. The van der Waals surface area contributed by atoms with Crippen LogP contribution in [0.15, 0.2) is 48.5 Å². The minimum Gasteiger partial charge on any atom is -0.352 e. The lowest BCUT2D eigenvalue weighted by atomic mass is 10.1. The molecule has 0 aromatic heterocycles. The largest absolute Gasteiger partial charge is 0.352 e. The molecule has 2 aromatic rings. The van der Waals surface area contributed by atoms with Crippen molar-refractivity contribution in [1.82, 2.24) is 14.5 Å². The molecule has 2 N–H and O–H groups in total. The van der Waals surface area contributed by atoms with Gasteiger partial charge in [-0.2, -0.15) is 4.31 Å². The second-order valence-electron chi connectivity index (χ2n) is 8.39. The Hall–Kier alpha value is -2.75. The Labute approximate surface area is 202 Å². The first kappa shape index (κ1) is 25.9. The first-order chi connectivity index (χ1) is 16.3. The molecule has 0 atom stereocenters. The van der Waals surface area contributed by atoms with E-state index in [1.54, 1.807) is 41.6 Å². The summed E-state index contributed by atoms with van der Waals surface area (Å²) >= 11 is 0. The van der Waals surface area contributed by atoms with E-state index >= 15 is 0 Å². The molecule has 0 aliphatic carbocycles. The zero-order valence-corrected chi connectivity index (χ0v) is 20.7. The maximum absolute atomic E-state index is 13.0. The summed E-state index contributed by atoms with van der Waals surface area (Å²) in [7, 11) is -3.16. The van der Waals surface area contributed by atoms with Gasteiger partial charge >= 0.3 is 0 Å². The zero-order chi connectivity index (χ0) is 24.6. The predicted octanol–water partition coefficient (Wildman–Crippen LogP) is 2.94. The Kier molecular flexibility index (Phi) is 9.20. The second-order valence-corrected chi connectivity index (χ2v) is 10.6. The van der Waals surface area contributed by atoms with Gasteiger partial charge in [-0.3, -0.25) is 14.5 Å². The number of carbonyl (C=O) groups excluding carboxylic acids is 2. The maximum atomic E-state index is 13.0. The van der Waals surface area contributed by atoms with E-state index in [4.69, 9.17) is 0 Å². The summed E-state index contributed by atoms with van der Waals surface area (Å²) in [5.41, 5.74) is 2.39. The highest BCUT2D eigenvalue weighted by Gasteiger charge is 2.25. The maximum Gasteiger partial charge on any atom is 0.255 e. The molecular formula is C25H34N4O4S. The summed E-state index contributed by atoms with van der Waals surface area (Å²) in [5.74, 6) is -0.370. The van der Waals surface area contributed by atoms with Gasteiger partial charge in [-0.05, 0) is 43.2 Å². The predicted molar refractivity (Wildman–Crippen MR) is 134 cm³/mol. The number of sulfonamides is 1. The molecule has 1 fully saturated rings. The van der Waals surface area contributed by atoms with Gasteiger partial charge in [-0.1, -0.05) is 37.6 Å². The first-order valence-corrected chi connectivity index (χ1v) is 13.4. The van der Waals surface area contributed by atoms with Crippen LogP contribution in [0, 0.1) is 0 Å². The Balaban J connectivity index is 1.62. The molecule has 0 saturated carbocycles. The van der Waals surface area contributed by atoms with Crippen LogP contribution in [0.1, 0.15) is 53.0 Å². The molecule has 0 spiro atoms. The Morgan fingerprint density at radius 1 is 0.941 bits per heavy atom. The third kappa shape index (κ3) is 6.88. The van der Waals surface area contributed by atoms with Crippen molar-refractivity contribution in [2.24, 2.45) is 0 Å². The van der Waals surface area contributed by atoms with Crippen molar-refractivity contribution in [2.45, 2.75) is 33.2 Å². The molecule has 1 saturated heterocycles. The summed E-state index contributed by atoms with van der Waals surface area (Å²) < 4.78 is 25.7. The highest BCUT2D eigenvalue weighted by Crippen LogP contribution is 2.18. The summed E-state index contributed by atoms with van der Waals surface area (Å²) in [5, 5.41) is 5.76. The van der Waals surface area contributed by atoms with Crippen molar-refractivity contribution in [1.29, 1.82) is 0 Å². The van der Waals surface area contributed by atoms with Gasteiger partial charge in [0.2, 0.25) is 10.0 Å². The van der Waals surface area contributed by atoms with E-state index in [1.807, 2.05) is 18.2 Å². The van der Waals surface area contributed by atoms with Gasteiger partial charge in [0.1, 0.15) is 0 Å². The van der Waals surface area contributed by atoms with Gasteiger partial charge in [-0.25, -0.2) is 8.42 Å². The van der Waals surface area contributed by atoms with Gasteiger partial charge in [0.15, 0.2) is 0 Å². The first-order valence-electron chi connectivity index (χ1n) is 11.8. The van der Waals surface area contributed by atoms with Crippen molar-refractivity contribution in [2.75, 3.05) is 43.8 Å². The topological polar surface area (TPSA) is 98.8 Å².